The van der Waals surface area contributed by atoms with E-state index in [1.807, 2.05) is 36.2 Å². The number of aliphatic hydroxyl groups is 1. The van der Waals surface area contributed by atoms with E-state index in [4.69, 9.17) is 10.8 Å². The van der Waals surface area contributed by atoms with Gasteiger partial charge in [0.05, 0.1) is 12.8 Å². The molecule has 6 heteroatoms. The van der Waals surface area contributed by atoms with Crippen molar-refractivity contribution in [3.63, 3.8) is 0 Å². The molecule has 0 heterocycles. The standard InChI is InChI=1S/C17H20N4O2/c1-21(10-11-22)16-8-2-13(3-9-16)12-19-20-17(23)14-4-6-15(18)7-5-14/h2-9,12,22H,10-11,18H2,1H3,(H,20,23). The maximum atomic E-state index is 11.9. The molecule has 0 aromatic heterocycles. The summed E-state index contributed by atoms with van der Waals surface area (Å²) in [5.74, 6) is -0.291. The van der Waals surface area contributed by atoms with Gasteiger partial charge in [-0.05, 0) is 42.0 Å². The number of hydrazone groups is 1. The Kier molecular flexibility index (Phi) is 5.71. The molecule has 23 heavy (non-hydrogen) atoms. The van der Waals surface area contributed by atoms with Crippen LogP contribution in [0.25, 0.3) is 0 Å². The zero-order valence-electron chi connectivity index (χ0n) is 12.9. The molecule has 0 aliphatic carbocycles. The highest BCUT2D eigenvalue weighted by atomic mass is 16.3. The lowest BCUT2D eigenvalue weighted by atomic mass is 10.2. The predicted octanol–water partition coefficient (Wildman–Crippen LogP) is 1.46. The lowest BCUT2D eigenvalue weighted by Crippen LogP contribution is -2.20. The number of hydrogen-bond donors (Lipinski definition) is 3. The molecule has 6 nitrogen and oxygen atoms in total. The van der Waals surface area contributed by atoms with Crippen molar-refractivity contribution in [1.29, 1.82) is 0 Å². The van der Waals surface area contributed by atoms with E-state index >= 15 is 0 Å². The van der Waals surface area contributed by atoms with Gasteiger partial charge in [0.15, 0.2) is 0 Å². The third-order valence-electron chi connectivity index (χ3n) is 3.32. The Bertz CT molecular complexity index is 666. The third kappa shape index (κ3) is 4.82. The molecule has 0 bridgehead atoms. The van der Waals surface area contributed by atoms with Gasteiger partial charge in [-0.15, -0.1) is 0 Å². The molecular formula is C17H20N4O2. The number of likely N-dealkylation sites (N-methyl/N-ethyl adjacent to an activating group) is 1. The summed E-state index contributed by atoms with van der Waals surface area (Å²) in [7, 11) is 1.91. The lowest BCUT2D eigenvalue weighted by Gasteiger charge is -2.17. The molecule has 0 aliphatic rings. The molecule has 0 saturated carbocycles. The molecule has 0 unspecified atom stereocenters. The van der Waals surface area contributed by atoms with Gasteiger partial charge in [-0.2, -0.15) is 5.10 Å². The van der Waals surface area contributed by atoms with E-state index in [9.17, 15) is 4.79 Å². The van der Waals surface area contributed by atoms with Gasteiger partial charge < -0.3 is 15.7 Å². The molecule has 4 N–H and O–H groups in total. The molecule has 0 saturated heterocycles. The zero-order valence-corrected chi connectivity index (χ0v) is 12.9. The van der Waals surface area contributed by atoms with Gasteiger partial charge >= 0.3 is 0 Å². The summed E-state index contributed by atoms with van der Waals surface area (Å²) in [5, 5.41) is 12.9. The summed E-state index contributed by atoms with van der Waals surface area (Å²) < 4.78 is 0. The highest BCUT2D eigenvalue weighted by molar-refractivity contribution is 5.95. The van der Waals surface area contributed by atoms with E-state index in [1.54, 1.807) is 30.5 Å². The molecule has 0 spiro atoms. The number of aliphatic hydroxyl groups excluding tert-OH is 1. The van der Waals surface area contributed by atoms with Crippen molar-refractivity contribution in [2.24, 2.45) is 5.10 Å². The number of hydrogen-bond acceptors (Lipinski definition) is 5. The van der Waals surface area contributed by atoms with E-state index < -0.39 is 0 Å². The first-order chi connectivity index (χ1) is 11.1. The van der Waals surface area contributed by atoms with Crippen molar-refractivity contribution in [2.75, 3.05) is 30.8 Å². The highest BCUT2D eigenvalue weighted by Gasteiger charge is 2.03. The van der Waals surface area contributed by atoms with Crippen LogP contribution in [0.3, 0.4) is 0 Å². The number of nitrogens with one attached hydrogen (secondary N) is 1. The van der Waals surface area contributed by atoms with Crippen molar-refractivity contribution in [2.45, 2.75) is 0 Å². The van der Waals surface area contributed by atoms with Gasteiger partial charge in [0.1, 0.15) is 0 Å². The van der Waals surface area contributed by atoms with Crippen LogP contribution in [0.1, 0.15) is 15.9 Å². The summed E-state index contributed by atoms with van der Waals surface area (Å²) in [5.41, 5.74) is 11.0. The van der Waals surface area contributed by atoms with Crippen LogP contribution in [0.5, 0.6) is 0 Å². The van der Waals surface area contributed by atoms with Crippen LogP contribution in [-0.2, 0) is 0 Å². The summed E-state index contributed by atoms with van der Waals surface area (Å²) in [6, 6.07) is 14.3. The molecule has 2 aromatic rings. The van der Waals surface area contributed by atoms with Crippen LogP contribution in [0.2, 0.25) is 0 Å². The zero-order chi connectivity index (χ0) is 16.7. The number of nitrogens with zero attached hydrogens (tertiary/aromatic N) is 2. The van der Waals surface area contributed by atoms with Crippen molar-refractivity contribution in [3.8, 4) is 0 Å². The summed E-state index contributed by atoms with van der Waals surface area (Å²) in [4.78, 5) is 13.8. The summed E-state index contributed by atoms with van der Waals surface area (Å²) in [6.45, 7) is 0.683. The van der Waals surface area contributed by atoms with Gasteiger partial charge in [-0.25, -0.2) is 5.43 Å². The van der Waals surface area contributed by atoms with Gasteiger partial charge in [0, 0.05) is 30.5 Å². The number of rotatable bonds is 6. The minimum absolute atomic E-state index is 0.108. The SMILES string of the molecule is CN(CCO)c1ccc(C=NNC(=O)c2ccc(N)cc2)cc1. The topological polar surface area (TPSA) is 91.0 Å². The number of amides is 1. The maximum absolute atomic E-state index is 11.9. The average molecular weight is 312 g/mol. The first kappa shape index (κ1) is 16.5. The number of anilines is 2. The van der Waals surface area contributed by atoms with E-state index in [0.29, 0.717) is 17.8 Å². The van der Waals surface area contributed by atoms with E-state index in [0.717, 1.165) is 11.3 Å². The van der Waals surface area contributed by atoms with Gasteiger partial charge in [-0.3, -0.25) is 4.79 Å². The minimum atomic E-state index is -0.291. The van der Waals surface area contributed by atoms with Crippen molar-refractivity contribution < 1.29 is 9.90 Å². The van der Waals surface area contributed by atoms with Crippen LogP contribution in [0, 0.1) is 0 Å². The Balaban J connectivity index is 1.92. The first-order valence-corrected chi connectivity index (χ1v) is 7.21. The molecule has 2 aromatic carbocycles. The fraction of sp³-hybridized carbons (Fsp3) is 0.176. The molecular weight excluding hydrogens is 292 g/mol. The maximum Gasteiger partial charge on any atom is 0.271 e. The lowest BCUT2D eigenvalue weighted by molar-refractivity contribution is 0.0955. The Morgan fingerprint density at radius 1 is 1.22 bits per heavy atom. The van der Waals surface area contributed by atoms with Gasteiger partial charge in [-0.1, -0.05) is 12.1 Å². The minimum Gasteiger partial charge on any atom is -0.399 e. The Hall–Kier alpha value is -2.86. The van der Waals surface area contributed by atoms with Crippen LogP contribution >= 0.6 is 0 Å². The average Bonchev–Trinajstić information content (AvgIpc) is 2.56. The molecule has 0 atom stereocenters. The van der Waals surface area contributed by atoms with E-state index in [2.05, 4.69) is 10.5 Å². The Morgan fingerprint density at radius 2 is 1.87 bits per heavy atom. The number of nitrogens with two attached hydrogens (primary N) is 1. The molecule has 0 radical (unpaired) electrons. The Morgan fingerprint density at radius 3 is 2.48 bits per heavy atom. The number of nitrogen functional groups attached to an aromatic ring is 1. The van der Waals surface area contributed by atoms with Crippen molar-refractivity contribution in [3.05, 3.63) is 59.7 Å². The summed E-state index contributed by atoms with van der Waals surface area (Å²) in [6.07, 6.45) is 1.57. The molecule has 1 amide bonds. The quantitative estimate of drug-likeness (QED) is 0.428. The Labute approximate surface area is 135 Å². The fourth-order valence-corrected chi connectivity index (χ4v) is 1.96. The van der Waals surface area contributed by atoms with Crippen LogP contribution in [0.15, 0.2) is 53.6 Å². The first-order valence-electron chi connectivity index (χ1n) is 7.21. The fourth-order valence-electron chi connectivity index (χ4n) is 1.96. The highest BCUT2D eigenvalue weighted by Crippen LogP contribution is 2.12. The normalized spacial score (nSPS) is 10.7. The van der Waals surface area contributed by atoms with Crippen molar-refractivity contribution >= 4 is 23.5 Å². The van der Waals surface area contributed by atoms with Crippen molar-refractivity contribution in [1.82, 2.24) is 5.43 Å². The molecule has 0 fully saturated rings. The largest absolute Gasteiger partial charge is 0.399 e. The smallest absolute Gasteiger partial charge is 0.271 e. The number of carbonyl (C=O) groups is 1. The monoisotopic (exact) mass is 312 g/mol. The van der Waals surface area contributed by atoms with Crippen LogP contribution < -0.4 is 16.1 Å². The third-order valence-corrected chi connectivity index (χ3v) is 3.32. The van der Waals surface area contributed by atoms with Gasteiger partial charge in [0.25, 0.3) is 5.91 Å². The van der Waals surface area contributed by atoms with Crippen LogP contribution in [-0.4, -0.2) is 37.4 Å². The summed E-state index contributed by atoms with van der Waals surface area (Å²) >= 11 is 0. The molecule has 0 aliphatic heterocycles. The second kappa shape index (κ2) is 7.95. The van der Waals surface area contributed by atoms with E-state index in [-0.39, 0.29) is 12.5 Å². The molecule has 2 rings (SSSR count). The molecule has 120 valence electrons. The van der Waals surface area contributed by atoms with Gasteiger partial charge in [0.2, 0.25) is 0 Å². The second-order valence-corrected chi connectivity index (χ2v) is 5.06. The second-order valence-electron chi connectivity index (χ2n) is 5.06. The van der Waals surface area contributed by atoms with Crippen LogP contribution in [0.4, 0.5) is 11.4 Å². The number of benzene rings is 2. The van der Waals surface area contributed by atoms with E-state index in [1.165, 1.54) is 0 Å². The number of carbonyl (C=O) groups excluding carboxylic acids is 1. The predicted molar refractivity (Wildman–Crippen MR) is 92.7 cm³/mol.